The van der Waals surface area contributed by atoms with Gasteiger partial charge in [0.05, 0.1) is 26.4 Å². The molecule has 0 radical (unpaired) electrons. The molecule has 0 heterocycles. The Bertz CT molecular complexity index is 1880. The Hall–Kier alpha value is -1.94. The number of hydrogen-bond acceptors (Lipinski definition) is 15. The van der Waals surface area contributed by atoms with Crippen molar-refractivity contribution in [2.45, 2.75) is 451 Å². The minimum absolute atomic E-state index is 0.108. The fourth-order valence-electron chi connectivity index (χ4n) is 12.5. The number of carbonyl (C=O) groups excluding carboxylic acids is 4. The van der Waals surface area contributed by atoms with Crippen LogP contribution in [-0.4, -0.2) is 96.7 Å². The number of carbonyl (C=O) groups is 4. The highest BCUT2D eigenvalue weighted by molar-refractivity contribution is 7.47. The highest BCUT2D eigenvalue weighted by Gasteiger charge is 2.30. The predicted octanol–water partition coefficient (Wildman–Crippen LogP) is 24.2. The van der Waals surface area contributed by atoms with Crippen LogP contribution < -0.4 is 0 Å². The molecule has 0 aromatic rings. The maximum absolute atomic E-state index is 13.1. The number of aliphatic hydroxyl groups excluding tert-OH is 1. The minimum Gasteiger partial charge on any atom is -0.462 e. The monoisotopic (exact) mass is 1450 g/mol. The van der Waals surface area contributed by atoms with Gasteiger partial charge >= 0.3 is 39.5 Å². The zero-order chi connectivity index (χ0) is 72.5. The Morgan fingerprint density at radius 2 is 0.404 bits per heavy atom. The van der Waals surface area contributed by atoms with Crippen LogP contribution in [0.3, 0.4) is 0 Å². The van der Waals surface area contributed by atoms with Gasteiger partial charge in [-0.3, -0.25) is 37.3 Å². The van der Waals surface area contributed by atoms with Gasteiger partial charge in [-0.25, -0.2) is 9.13 Å². The summed E-state index contributed by atoms with van der Waals surface area (Å²) in [5.41, 5.74) is 0. The number of hydrogen-bond donors (Lipinski definition) is 3. The van der Waals surface area contributed by atoms with Crippen molar-refractivity contribution in [1.82, 2.24) is 0 Å². The van der Waals surface area contributed by atoms with Gasteiger partial charge in [0, 0.05) is 25.7 Å². The van der Waals surface area contributed by atoms with Crippen molar-refractivity contribution in [3.63, 3.8) is 0 Å². The molecular formula is C80H156O17P2. The summed E-state index contributed by atoms with van der Waals surface area (Å²) in [7, 11) is -9.90. The molecule has 5 atom stereocenters. The lowest BCUT2D eigenvalue weighted by Crippen LogP contribution is -2.30. The van der Waals surface area contributed by atoms with Crippen LogP contribution in [0, 0.1) is 0 Å². The first-order chi connectivity index (χ1) is 48.2. The SMILES string of the molecule is CCCCCCCCCCCCCCCCCCCCCCCCC(=O)O[C@H](COC(=O)CCCCCCCCCCCCCCCCCC)COP(=O)(O)OC[C@@H](O)COP(=O)(O)OC[C@@H](COC(=O)CCCCCCC)OC(=O)CCCCCCCCCCCCCCCCCC. The number of rotatable bonds is 81. The van der Waals surface area contributed by atoms with E-state index in [9.17, 15) is 43.2 Å². The fraction of sp³-hybridized carbons (Fsp3) is 0.950. The van der Waals surface area contributed by atoms with Gasteiger partial charge in [-0.05, 0) is 25.7 Å². The van der Waals surface area contributed by atoms with Crippen molar-refractivity contribution in [3.05, 3.63) is 0 Å². The molecule has 2 unspecified atom stereocenters. The average Bonchev–Trinajstić information content (AvgIpc) is 1.00. The van der Waals surface area contributed by atoms with E-state index in [-0.39, 0.29) is 25.7 Å². The van der Waals surface area contributed by atoms with Gasteiger partial charge in [-0.2, -0.15) is 0 Å². The van der Waals surface area contributed by atoms with E-state index in [0.717, 1.165) is 96.3 Å². The first kappa shape index (κ1) is 97.1. The highest BCUT2D eigenvalue weighted by atomic mass is 31.2. The standard InChI is InChI=1S/C80H156O17P2/c1-5-9-13-17-20-23-26-29-32-35-36-37-38-39-40-43-46-49-52-55-59-63-67-80(85)97-76(71-91-78(83)65-61-57-53-50-47-44-41-33-30-27-24-21-18-14-10-6-2)73-95-99(88,89)93-69-74(81)68-92-98(86,87)94-72-75(70-90-77(82)64-60-56-16-12-8-4)96-79(84)66-62-58-54-51-48-45-42-34-31-28-25-22-19-15-11-7-3/h74-76,81H,5-73H2,1-4H3,(H,86,87)(H,88,89)/t74-,75+,76+/m0/s1. The van der Waals surface area contributed by atoms with Crippen molar-refractivity contribution in [2.24, 2.45) is 0 Å². The van der Waals surface area contributed by atoms with Crippen LogP contribution in [0.4, 0.5) is 0 Å². The van der Waals surface area contributed by atoms with Crippen LogP contribution in [0.15, 0.2) is 0 Å². The molecule has 0 bridgehead atoms. The Balaban J connectivity index is 5.10. The third-order valence-electron chi connectivity index (χ3n) is 18.9. The average molecular weight is 1450 g/mol. The smallest absolute Gasteiger partial charge is 0.462 e. The van der Waals surface area contributed by atoms with Crippen LogP contribution in [0.2, 0.25) is 0 Å². The molecule has 0 aromatic carbocycles. The summed E-state index contributed by atoms with van der Waals surface area (Å²) in [6.45, 7) is 4.93. The predicted molar refractivity (Wildman–Crippen MR) is 405 cm³/mol. The van der Waals surface area contributed by atoms with E-state index in [1.54, 1.807) is 0 Å². The van der Waals surface area contributed by atoms with E-state index in [2.05, 4.69) is 27.7 Å². The summed E-state index contributed by atoms with van der Waals surface area (Å²) < 4.78 is 68.4. The quantitative estimate of drug-likeness (QED) is 0.0222. The van der Waals surface area contributed by atoms with Gasteiger partial charge < -0.3 is 33.8 Å². The second kappa shape index (κ2) is 74.3. The molecule has 0 aliphatic heterocycles. The summed E-state index contributed by atoms with van der Waals surface area (Å²) in [5.74, 6) is -2.12. The van der Waals surface area contributed by atoms with Gasteiger partial charge in [0.25, 0.3) is 0 Å². The lowest BCUT2D eigenvalue weighted by Gasteiger charge is -2.21. The van der Waals surface area contributed by atoms with Crippen molar-refractivity contribution < 1.29 is 80.2 Å². The molecule has 0 fully saturated rings. The van der Waals surface area contributed by atoms with Crippen LogP contribution in [0.1, 0.15) is 432 Å². The summed E-state index contributed by atoms with van der Waals surface area (Å²) >= 11 is 0. The molecule has 0 spiro atoms. The molecule has 0 aliphatic carbocycles. The Kier molecular flexibility index (Phi) is 72.9. The summed E-state index contributed by atoms with van der Waals surface area (Å²) in [5, 5.41) is 10.6. The highest BCUT2D eigenvalue weighted by Crippen LogP contribution is 2.45. The molecular weight excluding hydrogens is 1290 g/mol. The van der Waals surface area contributed by atoms with E-state index in [4.69, 9.17) is 37.0 Å². The van der Waals surface area contributed by atoms with E-state index in [1.165, 1.54) is 257 Å². The van der Waals surface area contributed by atoms with Crippen LogP contribution in [0.25, 0.3) is 0 Å². The summed E-state index contributed by atoms with van der Waals surface area (Å²) in [6.07, 6.45) is 67.1. The third kappa shape index (κ3) is 74.1. The van der Waals surface area contributed by atoms with E-state index in [0.29, 0.717) is 25.7 Å². The minimum atomic E-state index is -4.96. The molecule has 588 valence electrons. The zero-order valence-corrected chi connectivity index (χ0v) is 66.3. The summed E-state index contributed by atoms with van der Waals surface area (Å²) in [4.78, 5) is 72.7. The van der Waals surface area contributed by atoms with E-state index < -0.39 is 97.5 Å². The fourth-order valence-corrected chi connectivity index (χ4v) is 14.0. The first-order valence-corrected chi connectivity index (χ1v) is 44.8. The van der Waals surface area contributed by atoms with Gasteiger partial charge in [-0.15, -0.1) is 0 Å². The number of esters is 4. The molecule has 0 saturated carbocycles. The Morgan fingerprint density at radius 3 is 0.596 bits per heavy atom. The molecule has 99 heavy (non-hydrogen) atoms. The van der Waals surface area contributed by atoms with E-state index in [1.807, 2.05) is 0 Å². The lowest BCUT2D eigenvalue weighted by molar-refractivity contribution is -0.161. The third-order valence-corrected chi connectivity index (χ3v) is 20.8. The normalized spacial score (nSPS) is 13.8. The number of phosphoric acid groups is 2. The Labute approximate surface area is 607 Å². The molecule has 0 saturated heterocycles. The molecule has 3 N–H and O–H groups in total. The van der Waals surface area contributed by atoms with Crippen LogP contribution in [0.5, 0.6) is 0 Å². The van der Waals surface area contributed by atoms with Gasteiger partial charge in [0.2, 0.25) is 0 Å². The largest absolute Gasteiger partial charge is 0.472 e. The molecule has 0 amide bonds. The van der Waals surface area contributed by atoms with E-state index >= 15 is 0 Å². The number of ether oxygens (including phenoxy) is 4. The van der Waals surface area contributed by atoms with Gasteiger partial charge in [0.1, 0.15) is 19.3 Å². The van der Waals surface area contributed by atoms with Crippen molar-refractivity contribution >= 4 is 39.5 Å². The molecule has 17 nitrogen and oxygen atoms in total. The molecule has 0 aromatic heterocycles. The zero-order valence-electron chi connectivity index (χ0n) is 64.5. The van der Waals surface area contributed by atoms with Gasteiger partial charge in [-0.1, -0.05) is 381 Å². The topological polar surface area (TPSA) is 237 Å². The van der Waals surface area contributed by atoms with Crippen LogP contribution in [-0.2, 0) is 65.4 Å². The maximum Gasteiger partial charge on any atom is 0.472 e. The second-order valence-electron chi connectivity index (χ2n) is 28.8. The van der Waals surface area contributed by atoms with Crippen molar-refractivity contribution in [1.29, 1.82) is 0 Å². The maximum atomic E-state index is 13.1. The lowest BCUT2D eigenvalue weighted by atomic mass is 10.0. The van der Waals surface area contributed by atoms with Crippen molar-refractivity contribution in [3.8, 4) is 0 Å². The number of unbranched alkanes of at least 4 members (excludes halogenated alkanes) is 55. The Morgan fingerprint density at radius 1 is 0.242 bits per heavy atom. The molecule has 0 aliphatic rings. The second-order valence-corrected chi connectivity index (χ2v) is 31.7. The van der Waals surface area contributed by atoms with Crippen molar-refractivity contribution in [2.75, 3.05) is 39.6 Å². The number of aliphatic hydroxyl groups is 1. The molecule has 0 rings (SSSR count). The van der Waals surface area contributed by atoms with Crippen LogP contribution >= 0.6 is 15.6 Å². The first-order valence-electron chi connectivity index (χ1n) is 41.8. The molecule has 19 heteroatoms. The number of phosphoric ester groups is 2. The van der Waals surface area contributed by atoms with Gasteiger partial charge in [0.15, 0.2) is 12.2 Å². The summed E-state index contributed by atoms with van der Waals surface area (Å²) in [6, 6.07) is 0.